The molecule has 1 fully saturated rings. The van der Waals surface area contributed by atoms with Crippen LogP contribution in [-0.2, 0) is 17.8 Å². The number of para-hydroxylation sites is 1. The highest BCUT2D eigenvalue weighted by Crippen LogP contribution is 2.28. The van der Waals surface area contributed by atoms with E-state index >= 15 is 0 Å². The van der Waals surface area contributed by atoms with Crippen LogP contribution in [-0.4, -0.2) is 38.1 Å². The van der Waals surface area contributed by atoms with Crippen molar-refractivity contribution in [3.05, 3.63) is 51.0 Å². The first-order valence-electron chi connectivity index (χ1n) is 12.4. The lowest BCUT2D eigenvalue weighted by atomic mass is 9.86. The van der Waals surface area contributed by atoms with E-state index in [1.54, 1.807) is 32.9 Å². The molecule has 0 saturated heterocycles. The van der Waals surface area contributed by atoms with E-state index in [1.165, 1.54) is 36.0 Å². The minimum atomic E-state index is -1.19. The molecule has 10 nitrogen and oxygen atoms in total. The van der Waals surface area contributed by atoms with Gasteiger partial charge in [-0.2, -0.15) is 0 Å². The van der Waals surface area contributed by atoms with Gasteiger partial charge in [0, 0.05) is 5.54 Å². The Kier molecular flexibility index (Phi) is 9.31. The molecule has 0 bridgehead atoms. The van der Waals surface area contributed by atoms with E-state index < -0.39 is 35.6 Å². The summed E-state index contributed by atoms with van der Waals surface area (Å²) in [5.74, 6) is -1.60. The van der Waals surface area contributed by atoms with Crippen LogP contribution in [0.25, 0.3) is 0 Å². The molecule has 0 radical (unpaired) electrons. The second kappa shape index (κ2) is 12.2. The van der Waals surface area contributed by atoms with Crippen molar-refractivity contribution in [3.63, 3.8) is 0 Å². The summed E-state index contributed by atoms with van der Waals surface area (Å²) in [5.41, 5.74) is -0.784. The maximum absolute atomic E-state index is 13.4. The van der Waals surface area contributed by atoms with Crippen molar-refractivity contribution in [3.8, 4) is 0 Å². The Bertz CT molecular complexity index is 1210. The minimum absolute atomic E-state index is 0.0280. The van der Waals surface area contributed by atoms with Crippen molar-refractivity contribution in [1.29, 1.82) is 0 Å². The Morgan fingerprint density at radius 2 is 1.78 bits per heavy atom. The zero-order valence-corrected chi connectivity index (χ0v) is 22.2. The summed E-state index contributed by atoms with van der Waals surface area (Å²) < 4.78 is 1.21. The molecule has 2 aromatic rings. The molecule has 1 aliphatic carbocycles. The maximum atomic E-state index is 13.4. The topological polar surface area (TPSA) is 142 Å². The normalized spacial score (nSPS) is 14.2. The van der Waals surface area contributed by atoms with Crippen LogP contribution in [0.2, 0.25) is 5.15 Å². The molecule has 1 aromatic carbocycles. The Morgan fingerprint density at radius 3 is 2.43 bits per heavy atom. The molecule has 0 aliphatic heterocycles. The SMILES string of the molecule is CC(C)(C)NC(=O)Nc1nc(Cl)c(CCC2CCCCC2)n(CC(=O)Nc2ccccc2C(=O)O)c1=O. The minimum Gasteiger partial charge on any atom is -0.478 e. The van der Waals surface area contributed by atoms with Crippen molar-refractivity contribution in [1.82, 2.24) is 14.9 Å². The highest BCUT2D eigenvalue weighted by Gasteiger charge is 2.23. The number of nitrogens with one attached hydrogen (secondary N) is 3. The quantitative estimate of drug-likeness (QED) is 0.390. The molecule has 1 aromatic heterocycles. The number of urea groups is 1. The number of aromatic nitrogens is 2. The predicted octanol–water partition coefficient (Wildman–Crippen LogP) is 4.67. The lowest BCUT2D eigenvalue weighted by molar-refractivity contribution is -0.116. The van der Waals surface area contributed by atoms with E-state index in [0.717, 1.165) is 19.3 Å². The Hall–Kier alpha value is -3.40. The van der Waals surface area contributed by atoms with Crippen LogP contribution in [0.5, 0.6) is 0 Å². The number of amides is 3. The molecule has 0 unspecified atom stereocenters. The molecule has 3 rings (SSSR count). The lowest BCUT2D eigenvalue weighted by Gasteiger charge is -2.23. The van der Waals surface area contributed by atoms with Crippen molar-refractivity contribution in [2.24, 2.45) is 5.92 Å². The van der Waals surface area contributed by atoms with Crippen LogP contribution >= 0.6 is 11.6 Å². The third-order valence-electron chi connectivity index (χ3n) is 6.19. The number of carboxylic acids is 1. The van der Waals surface area contributed by atoms with Crippen molar-refractivity contribution in [2.75, 3.05) is 10.6 Å². The summed E-state index contributed by atoms with van der Waals surface area (Å²) in [5, 5.41) is 17.1. The fraction of sp³-hybridized carbons (Fsp3) is 0.500. The fourth-order valence-corrected chi connectivity index (χ4v) is 4.75. The van der Waals surface area contributed by atoms with Gasteiger partial charge >= 0.3 is 12.0 Å². The van der Waals surface area contributed by atoms with Gasteiger partial charge in [0.2, 0.25) is 11.7 Å². The molecule has 200 valence electrons. The number of halogens is 1. The number of hydrogen-bond donors (Lipinski definition) is 4. The molecule has 4 N–H and O–H groups in total. The van der Waals surface area contributed by atoms with Gasteiger partial charge < -0.3 is 15.7 Å². The van der Waals surface area contributed by atoms with Crippen LogP contribution in [0.1, 0.15) is 75.3 Å². The third kappa shape index (κ3) is 8.04. The molecule has 3 amide bonds. The standard InChI is InChI=1S/C26H34ClN5O5/c1-26(2,3)31-25(37)30-22-23(34)32(15-20(33)28-18-12-8-7-11-17(18)24(35)36)19(21(27)29-22)14-13-16-9-5-4-6-10-16/h7-8,11-12,16H,4-6,9-10,13-15H2,1-3H3,(H,28,33)(H,35,36)(H2,29,30,31,37). The average Bonchev–Trinajstić information content (AvgIpc) is 2.81. The highest BCUT2D eigenvalue weighted by molar-refractivity contribution is 6.30. The van der Waals surface area contributed by atoms with Gasteiger partial charge in [0.25, 0.3) is 5.56 Å². The van der Waals surface area contributed by atoms with Crippen molar-refractivity contribution < 1.29 is 19.5 Å². The average molecular weight is 532 g/mol. The molecular formula is C26H34ClN5O5. The Morgan fingerprint density at radius 1 is 1.11 bits per heavy atom. The van der Waals surface area contributed by atoms with Crippen molar-refractivity contribution >= 4 is 41.0 Å². The molecule has 37 heavy (non-hydrogen) atoms. The first-order valence-corrected chi connectivity index (χ1v) is 12.8. The first kappa shape index (κ1) is 28.2. The van der Waals surface area contributed by atoms with Gasteiger partial charge in [0.05, 0.1) is 16.9 Å². The maximum Gasteiger partial charge on any atom is 0.337 e. The molecule has 1 heterocycles. The smallest absolute Gasteiger partial charge is 0.337 e. The zero-order chi connectivity index (χ0) is 27.2. The van der Waals surface area contributed by atoms with Gasteiger partial charge in [-0.05, 0) is 51.7 Å². The zero-order valence-electron chi connectivity index (χ0n) is 21.4. The number of carbonyl (C=O) groups excluding carboxylic acids is 2. The van der Waals surface area contributed by atoms with Crippen LogP contribution in [0.3, 0.4) is 0 Å². The molecule has 0 spiro atoms. The summed E-state index contributed by atoms with van der Waals surface area (Å²) in [4.78, 5) is 54.4. The predicted molar refractivity (Wildman–Crippen MR) is 142 cm³/mol. The van der Waals surface area contributed by atoms with Gasteiger partial charge in [0.1, 0.15) is 6.54 Å². The van der Waals surface area contributed by atoms with Crippen LogP contribution in [0.4, 0.5) is 16.3 Å². The van der Waals surface area contributed by atoms with Crippen LogP contribution in [0, 0.1) is 5.92 Å². The first-order chi connectivity index (χ1) is 17.4. The lowest BCUT2D eigenvalue weighted by Crippen LogP contribution is -2.44. The Labute approximate surface area is 220 Å². The summed E-state index contributed by atoms with van der Waals surface area (Å²) in [7, 11) is 0. The number of anilines is 2. The monoisotopic (exact) mass is 531 g/mol. The highest BCUT2D eigenvalue weighted by atomic mass is 35.5. The van der Waals surface area contributed by atoms with Gasteiger partial charge in [-0.3, -0.25) is 19.5 Å². The third-order valence-corrected chi connectivity index (χ3v) is 6.49. The number of aromatic carboxylic acids is 1. The number of hydrogen-bond acceptors (Lipinski definition) is 5. The van der Waals surface area contributed by atoms with Crippen molar-refractivity contribution in [2.45, 2.75) is 77.8 Å². The van der Waals surface area contributed by atoms with Gasteiger partial charge in [-0.25, -0.2) is 14.6 Å². The van der Waals surface area contributed by atoms with Gasteiger partial charge in [0.15, 0.2) is 5.15 Å². The van der Waals surface area contributed by atoms with E-state index in [2.05, 4.69) is 20.9 Å². The van der Waals surface area contributed by atoms with E-state index in [4.69, 9.17) is 11.6 Å². The summed E-state index contributed by atoms with van der Waals surface area (Å²) >= 11 is 6.50. The molecular weight excluding hydrogens is 498 g/mol. The molecule has 0 atom stereocenters. The second-order valence-electron chi connectivity index (χ2n) is 10.4. The van der Waals surface area contributed by atoms with Gasteiger partial charge in [-0.1, -0.05) is 55.8 Å². The summed E-state index contributed by atoms with van der Waals surface area (Å²) in [6, 6.07) is 5.37. The molecule has 1 saturated carbocycles. The van der Waals surface area contributed by atoms with E-state index in [9.17, 15) is 24.3 Å². The van der Waals surface area contributed by atoms with Crippen LogP contribution in [0.15, 0.2) is 29.1 Å². The number of benzene rings is 1. The fourth-order valence-electron chi connectivity index (χ4n) is 4.47. The number of nitrogens with zero attached hydrogens (tertiary/aromatic N) is 2. The number of carboxylic acid groups (broad SMARTS) is 1. The van der Waals surface area contributed by atoms with Crippen LogP contribution < -0.4 is 21.5 Å². The Balaban J connectivity index is 1.90. The second-order valence-corrected chi connectivity index (χ2v) is 10.7. The van der Waals surface area contributed by atoms with E-state index in [1.807, 2.05) is 0 Å². The van der Waals surface area contributed by atoms with Gasteiger partial charge in [-0.15, -0.1) is 0 Å². The molecule has 11 heteroatoms. The number of rotatable bonds is 8. The summed E-state index contributed by atoms with van der Waals surface area (Å²) in [6.45, 7) is 4.95. The molecule has 1 aliphatic rings. The number of carbonyl (C=O) groups is 3. The largest absolute Gasteiger partial charge is 0.478 e. The summed E-state index contributed by atoms with van der Waals surface area (Å²) in [6.07, 6.45) is 7.00. The van der Waals surface area contributed by atoms with E-state index in [0.29, 0.717) is 18.0 Å². The van der Waals surface area contributed by atoms with E-state index in [-0.39, 0.29) is 22.2 Å².